The molecule has 150 valence electrons. The largest absolute Gasteiger partial charge is 0.389 e. The lowest BCUT2D eigenvalue weighted by Gasteiger charge is -2.25. The first kappa shape index (κ1) is 18.9. The van der Waals surface area contributed by atoms with Gasteiger partial charge in [0.05, 0.1) is 36.6 Å². The van der Waals surface area contributed by atoms with Gasteiger partial charge in [-0.25, -0.2) is 9.78 Å². The highest BCUT2D eigenvalue weighted by Crippen LogP contribution is 2.32. The van der Waals surface area contributed by atoms with Gasteiger partial charge in [-0.2, -0.15) is 0 Å². The third kappa shape index (κ3) is 3.28. The third-order valence-corrected chi connectivity index (χ3v) is 6.24. The highest BCUT2D eigenvalue weighted by Gasteiger charge is 2.50. The van der Waals surface area contributed by atoms with Crippen molar-refractivity contribution in [2.24, 2.45) is 0 Å². The first-order valence-electron chi connectivity index (χ1n) is 10.1. The molecule has 3 amide bonds. The standard InChI is InChI=1S/C21H28N4O3/c1-14-9-17-18(10-15(14)2)24(13-22-17)11-16(26)12-25-19(27)21(23-20(25)28)7-5-3-4-6-8-21/h9-10,13,16,26H,3-8,11-12H2,1-2H3,(H,23,28)/t16-/m0/s1. The number of hydrogen-bond acceptors (Lipinski definition) is 4. The van der Waals surface area contributed by atoms with Crippen LogP contribution in [-0.2, 0) is 11.3 Å². The summed E-state index contributed by atoms with van der Waals surface area (Å²) in [5.41, 5.74) is 3.39. The molecule has 2 heterocycles. The van der Waals surface area contributed by atoms with Gasteiger partial charge in [-0.1, -0.05) is 25.7 Å². The Labute approximate surface area is 164 Å². The lowest BCUT2D eigenvalue weighted by Crippen LogP contribution is -2.47. The molecule has 0 unspecified atom stereocenters. The van der Waals surface area contributed by atoms with Gasteiger partial charge in [0.15, 0.2) is 0 Å². The van der Waals surface area contributed by atoms with E-state index in [-0.39, 0.29) is 25.0 Å². The predicted molar refractivity (Wildman–Crippen MR) is 106 cm³/mol. The molecule has 1 aliphatic carbocycles. The molecule has 1 atom stereocenters. The average molecular weight is 384 g/mol. The predicted octanol–water partition coefficient (Wildman–Crippen LogP) is 2.66. The second-order valence-corrected chi connectivity index (χ2v) is 8.32. The zero-order valence-corrected chi connectivity index (χ0v) is 16.6. The van der Waals surface area contributed by atoms with Crippen molar-refractivity contribution in [1.29, 1.82) is 0 Å². The lowest BCUT2D eigenvalue weighted by atomic mass is 9.90. The van der Waals surface area contributed by atoms with Gasteiger partial charge in [0.25, 0.3) is 5.91 Å². The van der Waals surface area contributed by atoms with Crippen LogP contribution in [0.3, 0.4) is 0 Å². The first-order valence-corrected chi connectivity index (χ1v) is 10.1. The molecule has 1 spiro atoms. The number of aryl methyl sites for hydroxylation is 2. The van der Waals surface area contributed by atoms with Crippen LogP contribution < -0.4 is 5.32 Å². The molecule has 0 radical (unpaired) electrons. The molecule has 1 saturated carbocycles. The second kappa shape index (κ2) is 7.20. The van der Waals surface area contributed by atoms with Crippen molar-refractivity contribution >= 4 is 23.0 Å². The number of imidazole rings is 1. The van der Waals surface area contributed by atoms with Crippen LogP contribution >= 0.6 is 0 Å². The Balaban J connectivity index is 1.48. The Hall–Kier alpha value is -2.41. The molecule has 2 N–H and O–H groups in total. The minimum Gasteiger partial charge on any atom is -0.389 e. The van der Waals surface area contributed by atoms with E-state index in [9.17, 15) is 14.7 Å². The summed E-state index contributed by atoms with van der Waals surface area (Å²) < 4.78 is 1.88. The summed E-state index contributed by atoms with van der Waals surface area (Å²) in [5, 5.41) is 13.5. The number of nitrogens with one attached hydrogen (secondary N) is 1. The van der Waals surface area contributed by atoms with Crippen LogP contribution in [0.25, 0.3) is 11.0 Å². The van der Waals surface area contributed by atoms with E-state index in [1.165, 1.54) is 10.5 Å². The van der Waals surface area contributed by atoms with Crippen molar-refractivity contribution in [1.82, 2.24) is 19.8 Å². The number of amides is 3. The zero-order chi connectivity index (χ0) is 19.9. The SMILES string of the molecule is Cc1cc2ncn(C[C@H](O)CN3C(=O)NC4(CCCCCC4)C3=O)c2cc1C. The number of rotatable bonds is 4. The molecule has 0 bridgehead atoms. The van der Waals surface area contributed by atoms with Gasteiger partial charge in [0, 0.05) is 0 Å². The van der Waals surface area contributed by atoms with E-state index >= 15 is 0 Å². The van der Waals surface area contributed by atoms with Gasteiger partial charge in [-0.3, -0.25) is 9.69 Å². The van der Waals surface area contributed by atoms with E-state index < -0.39 is 11.6 Å². The molecule has 2 aliphatic rings. The number of urea groups is 1. The molecule has 2 aromatic rings. The zero-order valence-electron chi connectivity index (χ0n) is 16.6. The summed E-state index contributed by atoms with van der Waals surface area (Å²) in [6.07, 6.45) is 6.31. The summed E-state index contributed by atoms with van der Waals surface area (Å²) in [6, 6.07) is 3.70. The van der Waals surface area contributed by atoms with Crippen molar-refractivity contribution in [2.45, 2.75) is 70.6 Å². The third-order valence-electron chi connectivity index (χ3n) is 6.24. The summed E-state index contributed by atoms with van der Waals surface area (Å²) in [6.45, 7) is 4.37. The van der Waals surface area contributed by atoms with Crippen molar-refractivity contribution in [2.75, 3.05) is 6.54 Å². The van der Waals surface area contributed by atoms with Gasteiger partial charge >= 0.3 is 6.03 Å². The Kier molecular flexibility index (Phi) is 4.87. The minimum atomic E-state index is -0.852. The number of aliphatic hydroxyl groups excluding tert-OH is 1. The Bertz CT molecular complexity index is 912. The van der Waals surface area contributed by atoms with E-state index in [0.29, 0.717) is 12.8 Å². The molecule has 1 saturated heterocycles. The lowest BCUT2D eigenvalue weighted by molar-refractivity contribution is -0.132. The summed E-state index contributed by atoms with van der Waals surface area (Å²) >= 11 is 0. The maximum atomic E-state index is 13.0. The maximum Gasteiger partial charge on any atom is 0.325 e. The number of aliphatic hydroxyl groups is 1. The van der Waals surface area contributed by atoms with Crippen molar-refractivity contribution in [3.05, 3.63) is 29.6 Å². The Morgan fingerprint density at radius 2 is 1.79 bits per heavy atom. The van der Waals surface area contributed by atoms with E-state index in [0.717, 1.165) is 42.3 Å². The number of aromatic nitrogens is 2. The van der Waals surface area contributed by atoms with Crippen LogP contribution in [0.1, 0.15) is 49.7 Å². The number of β-amino-alcohol motifs (C(OH)–C–C–N with tert-alkyl or cyclic N) is 1. The van der Waals surface area contributed by atoms with Crippen LogP contribution in [0.15, 0.2) is 18.5 Å². The quantitative estimate of drug-likeness (QED) is 0.794. The van der Waals surface area contributed by atoms with Gasteiger partial charge < -0.3 is 15.0 Å². The van der Waals surface area contributed by atoms with Gasteiger partial charge in [0.1, 0.15) is 5.54 Å². The highest BCUT2D eigenvalue weighted by atomic mass is 16.3. The van der Waals surface area contributed by atoms with Crippen LogP contribution in [0.2, 0.25) is 0 Å². The fourth-order valence-electron chi connectivity index (χ4n) is 4.47. The number of benzene rings is 1. The fourth-order valence-corrected chi connectivity index (χ4v) is 4.47. The topological polar surface area (TPSA) is 87.5 Å². The van der Waals surface area contributed by atoms with Crippen molar-refractivity contribution in [3.8, 4) is 0 Å². The van der Waals surface area contributed by atoms with Gasteiger partial charge in [0.2, 0.25) is 0 Å². The van der Waals surface area contributed by atoms with Crippen LogP contribution in [-0.4, -0.2) is 49.7 Å². The summed E-state index contributed by atoms with van der Waals surface area (Å²) in [7, 11) is 0. The van der Waals surface area contributed by atoms with Gasteiger partial charge in [-0.05, 0) is 49.9 Å². The monoisotopic (exact) mass is 384 g/mol. The second-order valence-electron chi connectivity index (χ2n) is 8.32. The smallest absolute Gasteiger partial charge is 0.325 e. The maximum absolute atomic E-state index is 13.0. The van der Waals surface area contributed by atoms with E-state index in [2.05, 4.69) is 16.4 Å². The molecule has 1 aliphatic heterocycles. The molecular formula is C21H28N4O3. The molecule has 1 aromatic heterocycles. The van der Waals surface area contributed by atoms with Crippen LogP contribution in [0.5, 0.6) is 0 Å². The molecule has 28 heavy (non-hydrogen) atoms. The molecule has 1 aromatic carbocycles. The number of fused-ring (bicyclic) bond motifs is 1. The Morgan fingerprint density at radius 1 is 1.11 bits per heavy atom. The minimum absolute atomic E-state index is 0.00304. The highest BCUT2D eigenvalue weighted by molar-refractivity contribution is 6.07. The Morgan fingerprint density at radius 3 is 2.50 bits per heavy atom. The van der Waals surface area contributed by atoms with Crippen LogP contribution in [0.4, 0.5) is 4.79 Å². The number of imide groups is 1. The first-order chi connectivity index (χ1) is 13.4. The molecule has 7 heteroatoms. The molecule has 7 nitrogen and oxygen atoms in total. The van der Waals surface area contributed by atoms with Gasteiger partial charge in [-0.15, -0.1) is 0 Å². The van der Waals surface area contributed by atoms with E-state index in [1.54, 1.807) is 6.33 Å². The molecular weight excluding hydrogens is 356 g/mol. The van der Waals surface area contributed by atoms with E-state index in [1.807, 2.05) is 24.5 Å². The number of carbonyl (C=O) groups excluding carboxylic acids is 2. The van der Waals surface area contributed by atoms with Crippen molar-refractivity contribution < 1.29 is 14.7 Å². The van der Waals surface area contributed by atoms with Crippen molar-refractivity contribution in [3.63, 3.8) is 0 Å². The fraction of sp³-hybridized carbons (Fsp3) is 0.571. The van der Waals surface area contributed by atoms with Crippen LogP contribution in [0, 0.1) is 13.8 Å². The average Bonchev–Trinajstić information content (AvgIpc) is 3.00. The summed E-state index contributed by atoms with van der Waals surface area (Å²) in [4.78, 5) is 31.1. The summed E-state index contributed by atoms with van der Waals surface area (Å²) in [5.74, 6) is -0.180. The van der Waals surface area contributed by atoms with E-state index in [4.69, 9.17) is 0 Å². The number of hydrogen-bond donors (Lipinski definition) is 2. The molecule has 2 fully saturated rings. The number of carbonyl (C=O) groups is 2. The molecule has 4 rings (SSSR count). The number of nitrogens with zero attached hydrogens (tertiary/aromatic N) is 3. The normalized spacial score (nSPS) is 20.6.